The molecule has 0 aliphatic rings. The van der Waals surface area contributed by atoms with E-state index in [1.165, 1.54) is 11.3 Å². The minimum Gasteiger partial charge on any atom is -0.461 e. The van der Waals surface area contributed by atoms with Crippen molar-refractivity contribution in [1.82, 2.24) is 25.0 Å². The first-order valence-corrected chi connectivity index (χ1v) is 6.33. The normalized spacial score (nSPS) is 11.4. The summed E-state index contributed by atoms with van der Waals surface area (Å²) in [6, 6.07) is 5.44. The Morgan fingerprint density at radius 2 is 2.21 bits per heavy atom. The Labute approximate surface area is 110 Å². The summed E-state index contributed by atoms with van der Waals surface area (Å²) in [6.07, 6.45) is 1.59. The van der Waals surface area contributed by atoms with Crippen LogP contribution in [0.4, 0.5) is 0 Å². The SMILES string of the molecule is Cc1cc(-c2nn3c(-c4ccco4)nnc3s2)on1. The molecule has 0 atom stereocenters. The highest BCUT2D eigenvalue weighted by molar-refractivity contribution is 7.19. The summed E-state index contributed by atoms with van der Waals surface area (Å²) in [6.45, 7) is 1.86. The maximum atomic E-state index is 5.31. The molecule has 0 bridgehead atoms. The first-order valence-electron chi connectivity index (χ1n) is 5.51. The van der Waals surface area contributed by atoms with Crippen LogP contribution < -0.4 is 0 Å². The van der Waals surface area contributed by atoms with Crippen molar-refractivity contribution in [2.24, 2.45) is 0 Å². The Morgan fingerprint density at radius 1 is 1.26 bits per heavy atom. The Kier molecular flexibility index (Phi) is 2.06. The van der Waals surface area contributed by atoms with Gasteiger partial charge in [0.2, 0.25) is 10.8 Å². The molecule has 0 aromatic carbocycles. The minimum absolute atomic E-state index is 0.568. The van der Waals surface area contributed by atoms with E-state index in [1.807, 2.05) is 19.1 Å². The van der Waals surface area contributed by atoms with Gasteiger partial charge in [0.05, 0.1) is 12.0 Å². The maximum Gasteiger partial charge on any atom is 0.235 e. The molecule has 0 amide bonds. The summed E-state index contributed by atoms with van der Waals surface area (Å²) in [5.74, 6) is 1.82. The van der Waals surface area contributed by atoms with E-state index in [-0.39, 0.29) is 0 Å². The molecular weight excluding hydrogens is 266 g/mol. The van der Waals surface area contributed by atoms with E-state index in [4.69, 9.17) is 8.94 Å². The Balaban J connectivity index is 1.89. The average Bonchev–Trinajstić information content (AvgIpc) is 3.11. The van der Waals surface area contributed by atoms with Gasteiger partial charge in [-0.1, -0.05) is 16.5 Å². The third kappa shape index (κ3) is 1.57. The number of aromatic nitrogens is 5. The highest BCUT2D eigenvalue weighted by Gasteiger charge is 2.17. The van der Waals surface area contributed by atoms with Gasteiger partial charge in [-0.15, -0.1) is 15.3 Å². The fourth-order valence-corrected chi connectivity index (χ4v) is 2.53. The van der Waals surface area contributed by atoms with Crippen molar-refractivity contribution in [3.05, 3.63) is 30.2 Å². The first-order chi connectivity index (χ1) is 9.31. The summed E-state index contributed by atoms with van der Waals surface area (Å²) in [5, 5.41) is 17.1. The molecule has 0 saturated heterocycles. The predicted molar refractivity (Wildman–Crippen MR) is 66.6 cm³/mol. The topological polar surface area (TPSA) is 82.2 Å². The summed E-state index contributed by atoms with van der Waals surface area (Å²) in [7, 11) is 0. The zero-order valence-corrected chi connectivity index (χ0v) is 10.6. The Hall–Kier alpha value is -2.48. The summed E-state index contributed by atoms with van der Waals surface area (Å²) < 4.78 is 12.1. The van der Waals surface area contributed by atoms with E-state index in [0.29, 0.717) is 27.3 Å². The fraction of sp³-hybridized carbons (Fsp3) is 0.0909. The fourth-order valence-electron chi connectivity index (χ4n) is 1.74. The average molecular weight is 273 g/mol. The molecule has 0 aliphatic carbocycles. The lowest BCUT2D eigenvalue weighted by Crippen LogP contribution is -1.89. The molecule has 0 fully saturated rings. The van der Waals surface area contributed by atoms with Gasteiger partial charge in [-0.3, -0.25) is 0 Å². The number of fused-ring (bicyclic) bond motifs is 1. The van der Waals surface area contributed by atoms with Crippen LogP contribution in [0.25, 0.3) is 27.3 Å². The number of hydrogen-bond donors (Lipinski definition) is 0. The molecule has 0 unspecified atom stereocenters. The molecule has 0 aliphatic heterocycles. The molecule has 4 aromatic heterocycles. The number of nitrogens with zero attached hydrogens (tertiary/aromatic N) is 5. The van der Waals surface area contributed by atoms with E-state index in [1.54, 1.807) is 16.8 Å². The van der Waals surface area contributed by atoms with E-state index in [2.05, 4.69) is 20.5 Å². The molecule has 4 aromatic rings. The van der Waals surface area contributed by atoms with Gasteiger partial charge in [0.15, 0.2) is 16.5 Å². The molecule has 94 valence electrons. The van der Waals surface area contributed by atoms with Crippen molar-refractivity contribution >= 4 is 16.3 Å². The quantitative estimate of drug-likeness (QED) is 0.557. The van der Waals surface area contributed by atoms with Crippen LogP contribution in [-0.4, -0.2) is 25.0 Å². The molecule has 19 heavy (non-hydrogen) atoms. The van der Waals surface area contributed by atoms with Gasteiger partial charge in [0, 0.05) is 6.07 Å². The number of furan rings is 1. The zero-order chi connectivity index (χ0) is 12.8. The monoisotopic (exact) mass is 273 g/mol. The zero-order valence-electron chi connectivity index (χ0n) is 9.77. The highest BCUT2D eigenvalue weighted by atomic mass is 32.1. The van der Waals surface area contributed by atoms with Crippen LogP contribution in [0.2, 0.25) is 0 Å². The van der Waals surface area contributed by atoms with E-state index in [9.17, 15) is 0 Å². The molecule has 0 spiro atoms. The van der Waals surface area contributed by atoms with Gasteiger partial charge in [0.1, 0.15) is 0 Å². The van der Waals surface area contributed by atoms with Crippen LogP contribution in [0.15, 0.2) is 33.4 Å². The second kappa shape index (κ2) is 3.75. The predicted octanol–water partition coefficient (Wildman–Crippen LogP) is 2.41. The Morgan fingerprint density at radius 3 is 2.95 bits per heavy atom. The maximum absolute atomic E-state index is 5.31. The number of aryl methyl sites for hydroxylation is 1. The molecule has 7 nitrogen and oxygen atoms in total. The summed E-state index contributed by atoms with van der Waals surface area (Å²) in [4.78, 5) is 0.676. The molecule has 0 N–H and O–H groups in total. The van der Waals surface area contributed by atoms with Crippen molar-refractivity contribution in [1.29, 1.82) is 0 Å². The van der Waals surface area contributed by atoms with Crippen LogP contribution in [-0.2, 0) is 0 Å². The van der Waals surface area contributed by atoms with Crippen molar-refractivity contribution in [2.75, 3.05) is 0 Å². The summed E-state index contributed by atoms with van der Waals surface area (Å²) in [5.41, 5.74) is 0.812. The van der Waals surface area contributed by atoms with Crippen molar-refractivity contribution in [3.8, 4) is 22.4 Å². The number of hydrogen-bond acceptors (Lipinski definition) is 7. The molecule has 4 heterocycles. The smallest absolute Gasteiger partial charge is 0.235 e. The van der Waals surface area contributed by atoms with Gasteiger partial charge in [0.25, 0.3) is 0 Å². The van der Waals surface area contributed by atoms with Gasteiger partial charge in [-0.05, 0) is 19.1 Å². The van der Waals surface area contributed by atoms with E-state index in [0.717, 1.165) is 5.69 Å². The van der Waals surface area contributed by atoms with Crippen molar-refractivity contribution in [3.63, 3.8) is 0 Å². The molecule has 8 heteroatoms. The lowest BCUT2D eigenvalue weighted by Gasteiger charge is -1.89. The highest BCUT2D eigenvalue weighted by Crippen LogP contribution is 2.28. The second-order valence-electron chi connectivity index (χ2n) is 3.94. The van der Waals surface area contributed by atoms with Crippen LogP contribution in [0.1, 0.15) is 5.69 Å². The van der Waals surface area contributed by atoms with Crippen LogP contribution in [0.5, 0.6) is 0 Å². The first kappa shape index (κ1) is 10.4. The van der Waals surface area contributed by atoms with Gasteiger partial charge < -0.3 is 8.94 Å². The van der Waals surface area contributed by atoms with E-state index >= 15 is 0 Å². The standard InChI is InChI=1S/C11H7N5O2S/c1-6-5-8(18-15-6)10-14-16-9(7-3-2-4-17-7)12-13-11(16)19-10/h2-5H,1H3. The lowest BCUT2D eigenvalue weighted by molar-refractivity contribution is 0.426. The third-order valence-electron chi connectivity index (χ3n) is 2.57. The molecule has 4 rings (SSSR count). The second-order valence-corrected chi connectivity index (χ2v) is 4.89. The van der Waals surface area contributed by atoms with Crippen LogP contribution >= 0.6 is 11.3 Å². The summed E-state index contributed by atoms with van der Waals surface area (Å²) >= 11 is 1.38. The van der Waals surface area contributed by atoms with Crippen LogP contribution in [0.3, 0.4) is 0 Å². The number of rotatable bonds is 2. The molecule has 0 saturated carbocycles. The van der Waals surface area contributed by atoms with Gasteiger partial charge >= 0.3 is 0 Å². The third-order valence-corrected chi connectivity index (χ3v) is 3.48. The lowest BCUT2D eigenvalue weighted by atomic mass is 10.4. The van der Waals surface area contributed by atoms with Gasteiger partial charge in [-0.2, -0.15) is 4.52 Å². The van der Waals surface area contributed by atoms with Gasteiger partial charge in [-0.25, -0.2) is 0 Å². The minimum atomic E-state index is 0.568. The van der Waals surface area contributed by atoms with Crippen molar-refractivity contribution in [2.45, 2.75) is 6.92 Å². The Bertz CT molecular complexity index is 842. The van der Waals surface area contributed by atoms with E-state index < -0.39 is 0 Å². The van der Waals surface area contributed by atoms with Crippen molar-refractivity contribution < 1.29 is 8.94 Å². The van der Waals surface area contributed by atoms with Crippen LogP contribution in [0, 0.1) is 6.92 Å². The largest absolute Gasteiger partial charge is 0.461 e. The molecular formula is C11H7N5O2S. The molecule has 0 radical (unpaired) electrons.